The molecule has 0 saturated carbocycles. The van der Waals surface area contributed by atoms with Gasteiger partial charge in [-0.2, -0.15) is 0 Å². The van der Waals surface area contributed by atoms with Crippen LogP contribution in [0.1, 0.15) is 17.3 Å². The first-order valence-electron chi connectivity index (χ1n) is 5.55. The third-order valence-corrected chi connectivity index (χ3v) is 3.05. The second kappa shape index (κ2) is 6.36. The van der Waals surface area contributed by atoms with Gasteiger partial charge in [0, 0.05) is 30.7 Å². The third-order valence-electron chi connectivity index (χ3n) is 2.81. The molecule has 6 heteroatoms. The number of nitrogens with one attached hydrogen (secondary N) is 1. The number of carbonyl (C=O) groups is 1. The topological polar surface area (TPSA) is 32.3 Å². The Balaban J connectivity index is 0.00000162. The van der Waals surface area contributed by atoms with Crippen molar-refractivity contribution >= 4 is 29.9 Å². The number of hydrogen-bond acceptors (Lipinski definition) is 2. The van der Waals surface area contributed by atoms with Gasteiger partial charge in [-0.05, 0) is 25.1 Å². The third kappa shape index (κ3) is 3.34. The van der Waals surface area contributed by atoms with Gasteiger partial charge in [-0.1, -0.05) is 11.6 Å². The van der Waals surface area contributed by atoms with Gasteiger partial charge in [-0.15, -0.1) is 12.4 Å². The average molecular weight is 293 g/mol. The smallest absolute Gasteiger partial charge is 0.256 e. The Hall–Kier alpha value is -0.840. The summed E-state index contributed by atoms with van der Waals surface area (Å²) in [7, 11) is 0. The second-order valence-corrected chi connectivity index (χ2v) is 4.67. The summed E-state index contributed by atoms with van der Waals surface area (Å²) in [5.41, 5.74) is 0.0478. The zero-order chi connectivity index (χ0) is 12.4. The second-order valence-electron chi connectivity index (χ2n) is 4.23. The van der Waals surface area contributed by atoms with Gasteiger partial charge in [0.2, 0.25) is 0 Å². The summed E-state index contributed by atoms with van der Waals surface area (Å²) in [4.78, 5) is 13.8. The largest absolute Gasteiger partial charge is 0.336 e. The number of benzene rings is 1. The zero-order valence-electron chi connectivity index (χ0n) is 9.95. The van der Waals surface area contributed by atoms with E-state index >= 15 is 0 Å². The molecule has 1 aliphatic rings. The molecule has 1 atom stereocenters. The van der Waals surface area contributed by atoms with E-state index in [0.29, 0.717) is 18.1 Å². The van der Waals surface area contributed by atoms with Crippen LogP contribution in [-0.4, -0.2) is 36.5 Å². The van der Waals surface area contributed by atoms with Gasteiger partial charge in [0.15, 0.2) is 0 Å². The highest BCUT2D eigenvalue weighted by Gasteiger charge is 2.23. The van der Waals surface area contributed by atoms with Crippen LogP contribution in [-0.2, 0) is 0 Å². The summed E-state index contributed by atoms with van der Waals surface area (Å²) in [5, 5.41) is 3.60. The Morgan fingerprint density at radius 3 is 2.94 bits per heavy atom. The number of rotatable bonds is 1. The SMILES string of the molecule is CC1CN(C(=O)c2cc(Cl)ccc2F)CCN1.Cl. The van der Waals surface area contributed by atoms with E-state index in [1.807, 2.05) is 6.92 Å². The Kier molecular flexibility index (Phi) is 5.38. The van der Waals surface area contributed by atoms with Crippen molar-refractivity contribution in [1.82, 2.24) is 10.2 Å². The molecule has 1 aliphatic heterocycles. The molecule has 1 amide bonds. The van der Waals surface area contributed by atoms with Crippen molar-refractivity contribution < 1.29 is 9.18 Å². The quantitative estimate of drug-likeness (QED) is 0.862. The molecule has 0 bridgehead atoms. The van der Waals surface area contributed by atoms with Gasteiger partial charge in [0.05, 0.1) is 5.56 Å². The minimum Gasteiger partial charge on any atom is -0.336 e. The maximum absolute atomic E-state index is 13.6. The van der Waals surface area contributed by atoms with Gasteiger partial charge < -0.3 is 10.2 Å². The van der Waals surface area contributed by atoms with Crippen molar-refractivity contribution in [3.05, 3.63) is 34.6 Å². The van der Waals surface area contributed by atoms with Crippen LogP contribution < -0.4 is 5.32 Å². The minimum atomic E-state index is -0.523. The van der Waals surface area contributed by atoms with Crippen LogP contribution >= 0.6 is 24.0 Å². The van der Waals surface area contributed by atoms with Gasteiger partial charge in [0.1, 0.15) is 5.82 Å². The van der Waals surface area contributed by atoms with E-state index in [2.05, 4.69) is 5.32 Å². The number of halogens is 3. The van der Waals surface area contributed by atoms with Crippen LogP contribution in [0.2, 0.25) is 5.02 Å². The van der Waals surface area contributed by atoms with Crippen molar-refractivity contribution in [2.75, 3.05) is 19.6 Å². The van der Waals surface area contributed by atoms with E-state index in [0.717, 1.165) is 6.54 Å². The molecular weight excluding hydrogens is 278 g/mol. The lowest BCUT2D eigenvalue weighted by Crippen LogP contribution is -2.51. The first kappa shape index (κ1) is 15.2. The van der Waals surface area contributed by atoms with Crippen LogP contribution in [0.15, 0.2) is 18.2 Å². The number of piperazine rings is 1. The van der Waals surface area contributed by atoms with Crippen molar-refractivity contribution in [3.63, 3.8) is 0 Å². The molecule has 1 aromatic carbocycles. The number of nitrogens with zero attached hydrogens (tertiary/aromatic N) is 1. The molecular formula is C12H15Cl2FN2O. The average Bonchev–Trinajstić information content (AvgIpc) is 2.31. The summed E-state index contributed by atoms with van der Waals surface area (Å²) < 4.78 is 13.6. The Morgan fingerprint density at radius 1 is 1.56 bits per heavy atom. The lowest BCUT2D eigenvalue weighted by Gasteiger charge is -2.32. The lowest BCUT2D eigenvalue weighted by molar-refractivity contribution is 0.0704. The molecule has 1 unspecified atom stereocenters. The molecule has 1 heterocycles. The van der Waals surface area contributed by atoms with E-state index in [9.17, 15) is 9.18 Å². The fourth-order valence-corrected chi connectivity index (χ4v) is 2.12. The molecule has 0 spiro atoms. The van der Waals surface area contributed by atoms with Crippen LogP contribution in [0.5, 0.6) is 0 Å². The van der Waals surface area contributed by atoms with E-state index in [1.54, 1.807) is 4.90 Å². The van der Waals surface area contributed by atoms with E-state index in [-0.39, 0.29) is 29.9 Å². The molecule has 0 radical (unpaired) electrons. The Labute approximate surface area is 117 Å². The fraction of sp³-hybridized carbons (Fsp3) is 0.417. The molecule has 1 aromatic rings. The van der Waals surface area contributed by atoms with Gasteiger partial charge in [-0.25, -0.2) is 4.39 Å². The molecule has 1 fully saturated rings. The van der Waals surface area contributed by atoms with Gasteiger partial charge in [0.25, 0.3) is 5.91 Å². The van der Waals surface area contributed by atoms with Crippen molar-refractivity contribution in [3.8, 4) is 0 Å². The normalized spacial score (nSPS) is 19.3. The summed E-state index contributed by atoms with van der Waals surface area (Å²) in [5.74, 6) is -0.816. The first-order valence-corrected chi connectivity index (χ1v) is 5.93. The lowest BCUT2D eigenvalue weighted by atomic mass is 10.1. The van der Waals surface area contributed by atoms with Crippen LogP contribution in [0, 0.1) is 5.82 Å². The summed E-state index contributed by atoms with van der Waals surface area (Å²) in [6.45, 7) is 3.91. The summed E-state index contributed by atoms with van der Waals surface area (Å²) in [6, 6.07) is 4.27. The molecule has 0 aliphatic carbocycles. The molecule has 1 saturated heterocycles. The molecule has 18 heavy (non-hydrogen) atoms. The molecule has 3 nitrogen and oxygen atoms in total. The van der Waals surface area contributed by atoms with E-state index in [4.69, 9.17) is 11.6 Å². The minimum absolute atomic E-state index is 0. The summed E-state index contributed by atoms with van der Waals surface area (Å²) >= 11 is 5.78. The first-order chi connectivity index (χ1) is 8.08. The molecule has 1 N–H and O–H groups in total. The maximum Gasteiger partial charge on any atom is 0.256 e. The van der Waals surface area contributed by atoms with E-state index < -0.39 is 5.82 Å². The Morgan fingerprint density at radius 2 is 2.28 bits per heavy atom. The predicted octanol–water partition coefficient (Wildman–Crippen LogP) is 2.33. The maximum atomic E-state index is 13.6. The monoisotopic (exact) mass is 292 g/mol. The van der Waals surface area contributed by atoms with Crippen molar-refractivity contribution in [1.29, 1.82) is 0 Å². The highest BCUT2D eigenvalue weighted by Crippen LogP contribution is 2.17. The number of carbonyl (C=O) groups excluding carboxylic acids is 1. The molecule has 0 aromatic heterocycles. The number of hydrogen-bond donors (Lipinski definition) is 1. The zero-order valence-corrected chi connectivity index (χ0v) is 11.5. The van der Waals surface area contributed by atoms with Crippen LogP contribution in [0.3, 0.4) is 0 Å². The Bertz CT molecular complexity index is 442. The highest BCUT2D eigenvalue weighted by molar-refractivity contribution is 6.31. The number of amides is 1. The predicted molar refractivity (Wildman–Crippen MR) is 72.0 cm³/mol. The standard InChI is InChI=1S/C12H14ClFN2O.ClH/c1-8-7-16(5-4-15-8)12(17)10-6-9(13)2-3-11(10)14;/h2-3,6,8,15H,4-5,7H2,1H3;1H. The van der Waals surface area contributed by atoms with Gasteiger partial charge >= 0.3 is 0 Å². The summed E-state index contributed by atoms with van der Waals surface area (Å²) in [6.07, 6.45) is 0. The molecule has 2 rings (SSSR count). The van der Waals surface area contributed by atoms with Gasteiger partial charge in [-0.3, -0.25) is 4.79 Å². The van der Waals surface area contributed by atoms with E-state index in [1.165, 1.54) is 18.2 Å². The van der Waals surface area contributed by atoms with Crippen LogP contribution in [0.4, 0.5) is 4.39 Å². The van der Waals surface area contributed by atoms with Crippen molar-refractivity contribution in [2.45, 2.75) is 13.0 Å². The van der Waals surface area contributed by atoms with Crippen molar-refractivity contribution in [2.24, 2.45) is 0 Å². The fourth-order valence-electron chi connectivity index (χ4n) is 1.95. The van der Waals surface area contributed by atoms with Crippen LogP contribution in [0.25, 0.3) is 0 Å². The molecule has 100 valence electrons. The highest BCUT2D eigenvalue weighted by atomic mass is 35.5.